The fourth-order valence-corrected chi connectivity index (χ4v) is 3.36. The van der Waals surface area contributed by atoms with Crippen LogP contribution in [0.25, 0.3) is 0 Å². The average Bonchev–Trinajstić information content (AvgIpc) is 2.65. The minimum absolute atomic E-state index is 0.121. The normalized spacial score (nSPS) is 10.8. The van der Waals surface area contributed by atoms with Crippen LogP contribution in [0.2, 0.25) is 0 Å². The van der Waals surface area contributed by atoms with E-state index in [0.717, 1.165) is 18.2 Å². The van der Waals surface area contributed by atoms with Crippen molar-refractivity contribution in [3.63, 3.8) is 0 Å². The van der Waals surface area contributed by atoms with Crippen molar-refractivity contribution in [2.45, 2.75) is 4.90 Å². The molecule has 0 aliphatic heterocycles. The molecule has 0 aliphatic carbocycles. The fourth-order valence-electron chi connectivity index (χ4n) is 2.15. The van der Waals surface area contributed by atoms with E-state index >= 15 is 0 Å². The van der Waals surface area contributed by atoms with Crippen LogP contribution in [0.4, 0.5) is 11.4 Å². The van der Waals surface area contributed by atoms with Crippen molar-refractivity contribution >= 4 is 33.3 Å². The number of carbonyl (C=O) groups excluding carboxylic acids is 1. The highest BCUT2D eigenvalue weighted by Gasteiger charge is 2.22. The van der Waals surface area contributed by atoms with Crippen LogP contribution in [-0.2, 0) is 14.8 Å². The van der Waals surface area contributed by atoms with Crippen molar-refractivity contribution in [2.75, 3.05) is 18.4 Å². The highest BCUT2D eigenvalue weighted by atomic mass is 32.2. The number of methoxy groups -OCH3 is 1. The van der Waals surface area contributed by atoms with Crippen LogP contribution in [0.1, 0.15) is 10.4 Å². The predicted molar refractivity (Wildman–Crippen MR) is 96.9 cm³/mol. The van der Waals surface area contributed by atoms with Gasteiger partial charge in [0.2, 0.25) is 0 Å². The lowest BCUT2D eigenvalue weighted by atomic mass is 10.2. The number of hydrogen-bond acceptors (Lipinski definition) is 7. The van der Waals surface area contributed by atoms with Gasteiger partial charge < -0.3 is 15.2 Å². The lowest BCUT2D eigenvalue weighted by Crippen LogP contribution is -2.29. The van der Waals surface area contributed by atoms with Gasteiger partial charge in [-0.25, -0.2) is 8.42 Å². The summed E-state index contributed by atoms with van der Waals surface area (Å²) in [5, 5.41) is 21.5. The summed E-state index contributed by atoms with van der Waals surface area (Å²) in [6.07, 6.45) is 0. The van der Waals surface area contributed by atoms with E-state index in [-0.39, 0.29) is 27.6 Å². The van der Waals surface area contributed by atoms with Crippen LogP contribution in [0.15, 0.2) is 47.4 Å². The van der Waals surface area contributed by atoms with Crippen LogP contribution in [0.5, 0.6) is 5.75 Å². The minimum atomic E-state index is -4.13. The summed E-state index contributed by atoms with van der Waals surface area (Å²) in [6.45, 7) is -0.548. The SMILES string of the molecule is COc1cc([N+](=O)[O-])ccc1S(=O)(=O)Nc1ccc(C(=O)NCC(=O)O)cc1. The molecule has 0 aromatic heterocycles. The molecule has 2 aromatic carbocycles. The van der Waals surface area contributed by atoms with Gasteiger partial charge >= 0.3 is 5.97 Å². The molecule has 2 rings (SSSR count). The van der Waals surface area contributed by atoms with Gasteiger partial charge in [-0.05, 0) is 30.3 Å². The molecule has 0 atom stereocenters. The number of aliphatic carboxylic acids is 1. The third kappa shape index (κ3) is 4.94. The summed E-state index contributed by atoms with van der Waals surface area (Å²) in [5.74, 6) is -2.03. The van der Waals surface area contributed by atoms with Crippen molar-refractivity contribution in [2.24, 2.45) is 0 Å². The maximum Gasteiger partial charge on any atom is 0.322 e. The number of rotatable bonds is 8. The third-order valence-corrected chi connectivity index (χ3v) is 4.87. The number of amides is 1. The lowest BCUT2D eigenvalue weighted by molar-refractivity contribution is -0.385. The van der Waals surface area contributed by atoms with E-state index in [9.17, 15) is 28.1 Å². The number of non-ortho nitro benzene ring substituents is 1. The standard InChI is InChI=1S/C16H15N3O8S/c1-27-13-8-12(19(23)24)6-7-14(13)28(25,26)18-11-4-2-10(3-5-11)16(22)17-9-15(20)21/h2-8,18H,9H2,1H3,(H,17,22)(H,20,21). The highest BCUT2D eigenvalue weighted by Crippen LogP contribution is 2.29. The first-order valence-corrected chi connectivity index (χ1v) is 9.07. The molecule has 1 amide bonds. The number of nitrogens with one attached hydrogen (secondary N) is 2. The summed E-state index contributed by atoms with van der Waals surface area (Å²) >= 11 is 0. The Morgan fingerprint density at radius 2 is 1.82 bits per heavy atom. The third-order valence-electron chi connectivity index (χ3n) is 3.45. The molecule has 0 saturated carbocycles. The van der Waals surface area contributed by atoms with Crippen molar-refractivity contribution < 1.29 is 32.8 Å². The van der Waals surface area contributed by atoms with E-state index in [2.05, 4.69) is 10.0 Å². The molecular weight excluding hydrogens is 394 g/mol. The molecular formula is C16H15N3O8S. The van der Waals surface area contributed by atoms with Crippen molar-refractivity contribution in [3.05, 3.63) is 58.1 Å². The molecule has 0 bridgehead atoms. The highest BCUT2D eigenvalue weighted by molar-refractivity contribution is 7.92. The number of anilines is 1. The molecule has 0 spiro atoms. The van der Waals surface area contributed by atoms with Gasteiger partial charge in [0, 0.05) is 17.3 Å². The molecule has 3 N–H and O–H groups in total. The van der Waals surface area contributed by atoms with Crippen LogP contribution >= 0.6 is 0 Å². The number of nitro groups is 1. The smallest absolute Gasteiger partial charge is 0.322 e. The zero-order valence-electron chi connectivity index (χ0n) is 14.4. The maximum atomic E-state index is 12.6. The predicted octanol–water partition coefficient (Wildman–Crippen LogP) is 1.22. The molecule has 148 valence electrons. The first-order valence-electron chi connectivity index (χ1n) is 7.59. The maximum absolute atomic E-state index is 12.6. The Morgan fingerprint density at radius 3 is 2.36 bits per heavy atom. The largest absolute Gasteiger partial charge is 0.495 e. The topological polar surface area (TPSA) is 165 Å². The fraction of sp³-hybridized carbons (Fsp3) is 0.125. The summed E-state index contributed by atoms with van der Waals surface area (Å²) in [4.78, 5) is 32.0. The van der Waals surface area contributed by atoms with Crippen molar-refractivity contribution in [3.8, 4) is 5.75 Å². The number of sulfonamides is 1. The second-order valence-electron chi connectivity index (χ2n) is 5.35. The molecule has 12 heteroatoms. The summed E-state index contributed by atoms with van der Waals surface area (Å²) < 4.78 is 32.3. The van der Waals surface area contributed by atoms with E-state index in [0.29, 0.717) is 0 Å². The van der Waals surface area contributed by atoms with E-state index in [4.69, 9.17) is 9.84 Å². The summed E-state index contributed by atoms with van der Waals surface area (Å²) in [7, 11) is -2.95. The van der Waals surface area contributed by atoms with Gasteiger partial charge in [0.15, 0.2) is 0 Å². The number of carbonyl (C=O) groups is 2. The Bertz CT molecular complexity index is 1020. The molecule has 0 radical (unpaired) electrons. The Balaban J connectivity index is 2.21. The van der Waals surface area contributed by atoms with Crippen LogP contribution in [-0.4, -0.2) is 44.0 Å². The van der Waals surface area contributed by atoms with E-state index in [1.807, 2.05) is 0 Å². The Hall–Kier alpha value is -3.67. The molecule has 0 aliphatic rings. The molecule has 11 nitrogen and oxygen atoms in total. The van der Waals surface area contributed by atoms with Crippen LogP contribution < -0.4 is 14.8 Å². The van der Waals surface area contributed by atoms with E-state index in [1.165, 1.54) is 31.4 Å². The number of nitrogens with zero attached hydrogens (tertiary/aromatic N) is 1. The van der Waals surface area contributed by atoms with Crippen molar-refractivity contribution in [1.29, 1.82) is 0 Å². The lowest BCUT2D eigenvalue weighted by Gasteiger charge is -2.12. The number of benzene rings is 2. The number of nitro benzene ring substituents is 1. The Morgan fingerprint density at radius 1 is 1.18 bits per heavy atom. The molecule has 0 heterocycles. The van der Waals surface area contributed by atoms with Gasteiger partial charge in [0.05, 0.1) is 18.1 Å². The molecule has 0 unspecified atom stereocenters. The van der Waals surface area contributed by atoms with Gasteiger partial charge in [0.25, 0.3) is 21.6 Å². The Labute approximate surface area is 159 Å². The van der Waals surface area contributed by atoms with E-state index in [1.54, 1.807) is 0 Å². The Kier molecular flexibility index (Phi) is 6.15. The van der Waals surface area contributed by atoms with Gasteiger partial charge in [0.1, 0.15) is 17.2 Å². The zero-order valence-corrected chi connectivity index (χ0v) is 15.2. The molecule has 2 aromatic rings. The van der Waals surface area contributed by atoms with Gasteiger partial charge in [-0.3, -0.25) is 24.4 Å². The second kappa shape index (κ2) is 8.35. The van der Waals surface area contributed by atoms with E-state index < -0.39 is 33.4 Å². The van der Waals surface area contributed by atoms with Gasteiger partial charge in [-0.1, -0.05) is 0 Å². The van der Waals surface area contributed by atoms with Crippen LogP contribution in [0, 0.1) is 10.1 Å². The molecule has 0 fully saturated rings. The number of hydrogen-bond donors (Lipinski definition) is 3. The molecule has 0 saturated heterocycles. The first kappa shape index (κ1) is 20.6. The zero-order chi connectivity index (χ0) is 20.9. The summed E-state index contributed by atoms with van der Waals surface area (Å²) in [5.41, 5.74) is -0.0696. The first-order chi connectivity index (χ1) is 13.1. The number of carboxylic acids is 1. The minimum Gasteiger partial charge on any atom is -0.495 e. The average molecular weight is 409 g/mol. The monoisotopic (exact) mass is 409 g/mol. The number of ether oxygens (including phenoxy) is 1. The van der Waals surface area contributed by atoms with Crippen LogP contribution in [0.3, 0.4) is 0 Å². The second-order valence-corrected chi connectivity index (χ2v) is 7.00. The summed E-state index contributed by atoms with van der Waals surface area (Å²) in [6, 6.07) is 8.31. The number of carboxylic acid groups (broad SMARTS) is 1. The molecule has 28 heavy (non-hydrogen) atoms. The van der Waals surface area contributed by atoms with Gasteiger partial charge in [-0.15, -0.1) is 0 Å². The quantitative estimate of drug-likeness (QED) is 0.432. The van der Waals surface area contributed by atoms with Crippen molar-refractivity contribution in [1.82, 2.24) is 5.32 Å². The van der Waals surface area contributed by atoms with Gasteiger partial charge in [-0.2, -0.15) is 0 Å².